The van der Waals surface area contributed by atoms with Crippen LogP contribution >= 0.6 is 11.6 Å². The minimum absolute atomic E-state index is 0.213. The number of nitrogens with one attached hydrogen (secondary N) is 1. The Hall–Kier alpha value is -1.65. The lowest BCUT2D eigenvalue weighted by atomic mass is 9.93. The minimum Gasteiger partial charge on any atom is -0.494 e. The fourth-order valence-corrected chi connectivity index (χ4v) is 2.64. The van der Waals surface area contributed by atoms with Gasteiger partial charge in [-0.3, -0.25) is 0 Å². The Kier molecular flexibility index (Phi) is 5.04. The standard InChI is InChI=1S/C17H18ClF2NO/c1-17(2,13-6-5-12(19)9-14(13)18)21-10-11-4-7-16(22-3)15(20)8-11/h4-9,21H,10H2,1-3H3. The summed E-state index contributed by atoms with van der Waals surface area (Å²) in [6.07, 6.45) is 0. The molecule has 1 N–H and O–H groups in total. The van der Waals surface area contributed by atoms with Crippen LogP contribution in [0.5, 0.6) is 5.75 Å². The van der Waals surface area contributed by atoms with E-state index in [9.17, 15) is 8.78 Å². The zero-order valence-corrected chi connectivity index (χ0v) is 13.5. The summed E-state index contributed by atoms with van der Waals surface area (Å²) in [6, 6.07) is 9.11. The van der Waals surface area contributed by atoms with Gasteiger partial charge in [-0.2, -0.15) is 0 Å². The molecule has 0 heterocycles. The van der Waals surface area contributed by atoms with E-state index in [1.165, 1.54) is 25.3 Å². The number of benzene rings is 2. The van der Waals surface area contributed by atoms with E-state index < -0.39 is 11.4 Å². The van der Waals surface area contributed by atoms with Crippen LogP contribution in [-0.2, 0) is 12.1 Å². The van der Waals surface area contributed by atoms with Crippen molar-refractivity contribution >= 4 is 11.6 Å². The molecule has 0 fully saturated rings. The maximum atomic E-state index is 13.7. The highest BCUT2D eigenvalue weighted by atomic mass is 35.5. The second-order valence-corrected chi connectivity index (χ2v) is 5.98. The third-order valence-corrected chi connectivity index (χ3v) is 3.87. The smallest absolute Gasteiger partial charge is 0.165 e. The van der Waals surface area contributed by atoms with Crippen molar-refractivity contribution in [3.05, 3.63) is 64.2 Å². The largest absolute Gasteiger partial charge is 0.494 e. The molecule has 118 valence electrons. The molecule has 0 aliphatic carbocycles. The van der Waals surface area contributed by atoms with Gasteiger partial charge in [0.25, 0.3) is 0 Å². The fraction of sp³-hybridized carbons (Fsp3) is 0.294. The normalized spacial score (nSPS) is 11.5. The molecule has 0 aromatic heterocycles. The number of ether oxygens (including phenoxy) is 1. The second-order valence-electron chi connectivity index (χ2n) is 5.57. The number of hydrogen-bond acceptors (Lipinski definition) is 2. The number of rotatable bonds is 5. The van der Waals surface area contributed by atoms with Gasteiger partial charge in [0.05, 0.1) is 7.11 Å². The lowest BCUT2D eigenvalue weighted by Crippen LogP contribution is -2.36. The Morgan fingerprint density at radius 2 is 1.86 bits per heavy atom. The van der Waals surface area contributed by atoms with Crippen LogP contribution in [0.2, 0.25) is 5.02 Å². The molecule has 0 saturated carbocycles. The van der Waals surface area contributed by atoms with Crippen molar-refractivity contribution in [3.63, 3.8) is 0 Å². The Bertz CT molecular complexity index is 674. The molecule has 0 amide bonds. The zero-order valence-electron chi connectivity index (χ0n) is 12.7. The van der Waals surface area contributed by atoms with Gasteiger partial charge in [-0.15, -0.1) is 0 Å². The van der Waals surface area contributed by atoms with Gasteiger partial charge in [-0.05, 0) is 49.2 Å². The van der Waals surface area contributed by atoms with Crippen LogP contribution in [0.3, 0.4) is 0 Å². The molecular formula is C17H18ClF2NO. The fourth-order valence-electron chi connectivity index (χ4n) is 2.23. The van der Waals surface area contributed by atoms with Gasteiger partial charge in [0.15, 0.2) is 11.6 Å². The van der Waals surface area contributed by atoms with E-state index in [1.54, 1.807) is 18.2 Å². The molecule has 0 unspecified atom stereocenters. The van der Waals surface area contributed by atoms with Gasteiger partial charge in [0.2, 0.25) is 0 Å². The van der Waals surface area contributed by atoms with Crippen LogP contribution in [0.15, 0.2) is 36.4 Å². The molecule has 0 bridgehead atoms. The molecule has 2 rings (SSSR count). The van der Waals surface area contributed by atoms with E-state index in [1.807, 2.05) is 13.8 Å². The average Bonchev–Trinajstić information content (AvgIpc) is 2.45. The summed E-state index contributed by atoms with van der Waals surface area (Å²) >= 11 is 6.10. The van der Waals surface area contributed by atoms with Crippen molar-refractivity contribution in [2.75, 3.05) is 7.11 Å². The zero-order chi connectivity index (χ0) is 16.3. The molecular weight excluding hydrogens is 308 g/mol. The summed E-state index contributed by atoms with van der Waals surface area (Å²) in [5.74, 6) is -0.564. The topological polar surface area (TPSA) is 21.3 Å². The highest BCUT2D eigenvalue weighted by Crippen LogP contribution is 2.29. The average molecular weight is 326 g/mol. The summed E-state index contributed by atoms with van der Waals surface area (Å²) < 4.78 is 31.7. The summed E-state index contributed by atoms with van der Waals surface area (Å²) in [5.41, 5.74) is 1.08. The van der Waals surface area contributed by atoms with Crippen molar-refractivity contribution in [3.8, 4) is 5.75 Å². The van der Waals surface area contributed by atoms with Crippen molar-refractivity contribution < 1.29 is 13.5 Å². The molecule has 0 saturated heterocycles. The van der Waals surface area contributed by atoms with E-state index in [2.05, 4.69) is 5.32 Å². The lowest BCUT2D eigenvalue weighted by Gasteiger charge is -2.28. The summed E-state index contributed by atoms with van der Waals surface area (Å²) in [7, 11) is 1.43. The predicted octanol–water partition coefficient (Wildman–Crippen LogP) is 4.65. The van der Waals surface area contributed by atoms with E-state index in [-0.39, 0.29) is 11.6 Å². The summed E-state index contributed by atoms with van der Waals surface area (Å²) in [5, 5.41) is 3.66. The van der Waals surface area contributed by atoms with Gasteiger partial charge in [-0.1, -0.05) is 23.7 Å². The first-order chi connectivity index (χ1) is 10.3. The SMILES string of the molecule is COc1ccc(CNC(C)(C)c2ccc(F)cc2Cl)cc1F. The van der Waals surface area contributed by atoms with Crippen LogP contribution in [0.1, 0.15) is 25.0 Å². The quantitative estimate of drug-likeness (QED) is 0.864. The summed E-state index contributed by atoms with van der Waals surface area (Å²) in [4.78, 5) is 0. The highest BCUT2D eigenvalue weighted by molar-refractivity contribution is 6.31. The lowest BCUT2D eigenvalue weighted by molar-refractivity contribution is 0.383. The third-order valence-electron chi connectivity index (χ3n) is 3.56. The predicted molar refractivity (Wildman–Crippen MR) is 84.2 cm³/mol. The highest BCUT2D eigenvalue weighted by Gasteiger charge is 2.23. The van der Waals surface area contributed by atoms with Crippen molar-refractivity contribution in [1.82, 2.24) is 5.32 Å². The van der Waals surface area contributed by atoms with Crippen LogP contribution in [0.25, 0.3) is 0 Å². The minimum atomic E-state index is -0.485. The molecule has 0 aliphatic heterocycles. The number of methoxy groups -OCH3 is 1. The Labute approximate surface area is 134 Å². The van der Waals surface area contributed by atoms with Gasteiger partial charge in [-0.25, -0.2) is 8.78 Å². The first kappa shape index (κ1) is 16.7. The van der Waals surface area contributed by atoms with E-state index >= 15 is 0 Å². The summed E-state index contributed by atoms with van der Waals surface area (Å²) in [6.45, 7) is 4.32. The van der Waals surface area contributed by atoms with Gasteiger partial charge < -0.3 is 10.1 Å². The van der Waals surface area contributed by atoms with E-state index in [4.69, 9.17) is 16.3 Å². The third kappa shape index (κ3) is 3.76. The molecule has 5 heteroatoms. The van der Waals surface area contributed by atoms with Crippen molar-refractivity contribution in [2.24, 2.45) is 0 Å². The van der Waals surface area contributed by atoms with Gasteiger partial charge >= 0.3 is 0 Å². The van der Waals surface area contributed by atoms with E-state index in [0.29, 0.717) is 11.6 Å². The van der Waals surface area contributed by atoms with Crippen molar-refractivity contribution in [2.45, 2.75) is 25.9 Å². The molecule has 22 heavy (non-hydrogen) atoms. The molecule has 0 atom stereocenters. The first-order valence-corrected chi connectivity index (χ1v) is 7.24. The maximum Gasteiger partial charge on any atom is 0.165 e. The molecule has 0 spiro atoms. The molecule has 2 nitrogen and oxygen atoms in total. The Morgan fingerprint density at radius 3 is 2.45 bits per heavy atom. The number of halogens is 3. The maximum absolute atomic E-state index is 13.7. The van der Waals surface area contributed by atoms with Gasteiger partial charge in [0, 0.05) is 17.1 Å². The van der Waals surface area contributed by atoms with Crippen LogP contribution in [0, 0.1) is 11.6 Å². The molecule has 0 radical (unpaired) electrons. The molecule has 2 aromatic carbocycles. The van der Waals surface area contributed by atoms with Crippen molar-refractivity contribution in [1.29, 1.82) is 0 Å². The Morgan fingerprint density at radius 1 is 1.14 bits per heavy atom. The first-order valence-electron chi connectivity index (χ1n) is 6.86. The van der Waals surface area contributed by atoms with Gasteiger partial charge in [0.1, 0.15) is 5.82 Å². The van der Waals surface area contributed by atoms with Crippen LogP contribution in [-0.4, -0.2) is 7.11 Å². The van der Waals surface area contributed by atoms with Crippen LogP contribution < -0.4 is 10.1 Å². The monoisotopic (exact) mass is 325 g/mol. The second kappa shape index (κ2) is 6.63. The van der Waals surface area contributed by atoms with Crippen LogP contribution in [0.4, 0.5) is 8.78 Å². The molecule has 2 aromatic rings. The Balaban J connectivity index is 2.13. The van der Waals surface area contributed by atoms with E-state index in [0.717, 1.165) is 11.1 Å². The number of hydrogen-bond donors (Lipinski definition) is 1. The molecule has 0 aliphatic rings.